The number of benzene rings is 1. The molecule has 0 spiro atoms. The zero-order chi connectivity index (χ0) is 24.0. The largest absolute Gasteiger partial charge is 0.389 e. The summed E-state index contributed by atoms with van der Waals surface area (Å²) in [6, 6.07) is 2.93. The quantitative estimate of drug-likeness (QED) is 0.454. The number of halogens is 2. The minimum Gasteiger partial charge on any atom is -0.389 e. The summed E-state index contributed by atoms with van der Waals surface area (Å²) in [4.78, 5) is 17.9. The van der Waals surface area contributed by atoms with Crippen LogP contribution in [0.1, 0.15) is 23.1 Å². The van der Waals surface area contributed by atoms with Crippen LogP contribution in [-0.2, 0) is 18.0 Å². The topological polar surface area (TPSA) is 104 Å². The number of rotatable bonds is 2. The molecule has 3 aromatic heterocycles. The van der Waals surface area contributed by atoms with Crippen molar-refractivity contribution < 1.29 is 13.5 Å². The lowest BCUT2D eigenvalue weighted by molar-refractivity contribution is 0.0258. The van der Waals surface area contributed by atoms with E-state index < -0.39 is 11.6 Å². The third-order valence-electron chi connectivity index (χ3n) is 7.57. The average molecular weight is 492 g/mol. The Kier molecular flexibility index (Phi) is 4.34. The zero-order valence-corrected chi connectivity index (χ0v) is 19.5. The first kappa shape index (κ1) is 20.9. The third-order valence-corrected chi connectivity index (χ3v) is 8.60. The van der Waals surface area contributed by atoms with Gasteiger partial charge in [0.15, 0.2) is 11.6 Å². The number of ether oxygens (including phenoxy) is 1. The standard InChI is InChI=1S/C24H19F2N7OS/c1-32-10-2-11(32)7-33(6-10)24-30-4-13-14-8-34-9-15(14)17(19(26)20(13)31-24)21-18-12(3-27)23(28)35-22(18)16(25)5-29-21/h4-5,10-11H,2,6-9,28H2,1H3. The maximum absolute atomic E-state index is 16.4. The fraction of sp³-hybridized carbons (Fsp3) is 0.333. The summed E-state index contributed by atoms with van der Waals surface area (Å²) in [5, 5.41) is 10.7. The Balaban J connectivity index is 1.47. The van der Waals surface area contributed by atoms with Crippen LogP contribution in [0, 0.1) is 23.0 Å². The minimum atomic E-state index is -0.603. The summed E-state index contributed by atoms with van der Waals surface area (Å²) >= 11 is 0.958. The molecule has 7 heterocycles. The number of hydrogen-bond donors (Lipinski definition) is 1. The molecule has 8 nitrogen and oxygen atoms in total. The second-order valence-electron chi connectivity index (χ2n) is 9.30. The highest BCUT2D eigenvalue weighted by molar-refractivity contribution is 7.23. The molecule has 0 amide bonds. The van der Waals surface area contributed by atoms with Crippen LogP contribution < -0.4 is 10.6 Å². The number of aromatic nitrogens is 3. The van der Waals surface area contributed by atoms with Gasteiger partial charge in [-0.15, -0.1) is 11.3 Å². The first-order chi connectivity index (χ1) is 17.0. The van der Waals surface area contributed by atoms with Crippen molar-refractivity contribution >= 4 is 43.3 Å². The molecule has 0 aliphatic carbocycles. The Hall–Kier alpha value is -3.46. The van der Waals surface area contributed by atoms with Crippen molar-refractivity contribution in [1.82, 2.24) is 19.9 Å². The number of anilines is 2. The highest BCUT2D eigenvalue weighted by Gasteiger charge is 2.43. The molecule has 176 valence electrons. The summed E-state index contributed by atoms with van der Waals surface area (Å²) in [7, 11) is 2.12. The highest BCUT2D eigenvalue weighted by Crippen LogP contribution is 2.45. The van der Waals surface area contributed by atoms with E-state index in [0.29, 0.717) is 29.0 Å². The molecule has 8 rings (SSSR count). The lowest BCUT2D eigenvalue weighted by Gasteiger charge is -2.54. The number of pyridine rings is 1. The van der Waals surface area contributed by atoms with E-state index in [1.165, 1.54) is 0 Å². The number of nitriles is 1. The van der Waals surface area contributed by atoms with Gasteiger partial charge in [-0.3, -0.25) is 9.88 Å². The van der Waals surface area contributed by atoms with E-state index >= 15 is 4.39 Å². The van der Waals surface area contributed by atoms with Gasteiger partial charge in [-0.25, -0.2) is 18.7 Å². The lowest BCUT2D eigenvalue weighted by Crippen LogP contribution is -2.67. The van der Waals surface area contributed by atoms with Gasteiger partial charge in [-0.2, -0.15) is 5.26 Å². The molecule has 11 heteroatoms. The van der Waals surface area contributed by atoms with Gasteiger partial charge >= 0.3 is 0 Å². The normalized spacial score (nSPS) is 21.4. The molecule has 3 saturated heterocycles. The second-order valence-corrected chi connectivity index (χ2v) is 10.3. The monoisotopic (exact) mass is 491 g/mol. The maximum Gasteiger partial charge on any atom is 0.226 e. The predicted molar refractivity (Wildman–Crippen MR) is 128 cm³/mol. The van der Waals surface area contributed by atoms with Crippen LogP contribution in [0.4, 0.5) is 19.7 Å². The molecule has 4 aromatic rings. The number of thiophene rings is 1. The second kappa shape index (κ2) is 7.27. The van der Waals surface area contributed by atoms with Gasteiger partial charge in [0.1, 0.15) is 16.6 Å². The van der Waals surface area contributed by atoms with Gasteiger partial charge in [-0.05, 0) is 24.6 Å². The van der Waals surface area contributed by atoms with Crippen LogP contribution in [0.5, 0.6) is 0 Å². The van der Waals surface area contributed by atoms with E-state index in [0.717, 1.165) is 42.6 Å². The smallest absolute Gasteiger partial charge is 0.226 e. The van der Waals surface area contributed by atoms with Gasteiger partial charge in [0.05, 0.1) is 35.4 Å². The summed E-state index contributed by atoms with van der Waals surface area (Å²) in [5.41, 5.74) is 8.01. The van der Waals surface area contributed by atoms with Crippen LogP contribution in [0.15, 0.2) is 12.4 Å². The molecule has 35 heavy (non-hydrogen) atoms. The lowest BCUT2D eigenvalue weighted by atomic mass is 9.88. The van der Waals surface area contributed by atoms with Crippen molar-refractivity contribution in [2.24, 2.45) is 0 Å². The van der Waals surface area contributed by atoms with Crippen LogP contribution in [0.3, 0.4) is 0 Å². The van der Waals surface area contributed by atoms with Crippen molar-refractivity contribution in [3.63, 3.8) is 0 Å². The number of likely N-dealkylation sites (N-methyl/N-ethyl adjacent to an activating group) is 1. The van der Waals surface area contributed by atoms with E-state index in [2.05, 4.69) is 31.8 Å². The van der Waals surface area contributed by atoms with Gasteiger partial charge < -0.3 is 15.4 Å². The van der Waals surface area contributed by atoms with Crippen LogP contribution in [0.25, 0.3) is 32.2 Å². The molecule has 4 aliphatic rings. The molecular formula is C24H19F2N7OS. The fourth-order valence-electron chi connectivity index (χ4n) is 5.65. The fourth-order valence-corrected chi connectivity index (χ4v) is 6.57. The SMILES string of the molecule is CN1C2CC1CN(c1ncc3c4c(c(-c5ncc(F)c6sc(N)c(C#N)c56)c(F)c3n1)COC4)C2. The van der Waals surface area contributed by atoms with Crippen LogP contribution in [-0.4, -0.2) is 52.1 Å². The summed E-state index contributed by atoms with van der Waals surface area (Å²) in [6.45, 7) is 2.03. The Labute approximate surface area is 202 Å². The molecule has 0 saturated carbocycles. The zero-order valence-electron chi connectivity index (χ0n) is 18.7. The van der Waals surface area contributed by atoms with Gasteiger partial charge in [-0.1, -0.05) is 0 Å². The number of nitrogens with zero attached hydrogens (tertiary/aromatic N) is 6. The van der Waals surface area contributed by atoms with Crippen molar-refractivity contribution in [2.45, 2.75) is 31.7 Å². The molecule has 1 aromatic carbocycles. The van der Waals surface area contributed by atoms with Gasteiger partial charge in [0.25, 0.3) is 0 Å². The third kappa shape index (κ3) is 2.78. The van der Waals surface area contributed by atoms with Crippen LogP contribution in [0.2, 0.25) is 0 Å². The molecule has 2 unspecified atom stereocenters. The number of piperidine rings is 1. The number of fused-ring (bicyclic) bond motifs is 6. The van der Waals surface area contributed by atoms with Crippen LogP contribution >= 0.6 is 11.3 Å². The van der Waals surface area contributed by atoms with Gasteiger partial charge in [0, 0.05) is 47.7 Å². The van der Waals surface area contributed by atoms with E-state index in [1.807, 2.05) is 6.07 Å². The Morgan fingerprint density at radius 1 is 1.17 bits per heavy atom. The van der Waals surface area contributed by atoms with Crippen molar-refractivity contribution in [3.05, 3.63) is 40.7 Å². The van der Waals surface area contributed by atoms with E-state index in [9.17, 15) is 9.65 Å². The number of nitrogen functional groups attached to an aromatic ring is 1. The molecule has 2 atom stereocenters. The minimum absolute atomic E-state index is 0.0965. The molecule has 2 bridgehead atoms. The predicted octanol–water partition coefficient (Wildman–Crippen LogP) is 3.56. The highest BCUT2D eigenvalue weighted by atomic mass is 32.1. The van der Waals surface area contributed by atoms with E-state index in [1.54, 1.807) is 6.20 Å². The maximum atomic E-state index is 16.4. The molecule has 0 radical (unpaired) electrons. The number of piperazine rings is 1. The average Bonchev–Trinajstić information content (AvgIpc) is 3.49. The Bertz CT molecular complexity index is 1600. The Morgan fingerprint density at radius 3 is 2.69 bits per heavy atom. The Morgan fingerprint density at radius 2 is 1.94 bits per heavy atom. The summed E-state index contributed by atoms with van der Waals surface area (Å²) in [5.74, 6) is -0.700. The summed E-state index contributed by atoms with van der Waals surface area (Å²) < 4.78 is 36.8. The molecule has 4 aliphatic heterocycles. The first-order valence-corrected chi connectivity index (χ1v) is 12.1. The van der Waals surface area contributed by atoms with E-state index in [4.69, 9.17) is 10.5 Å². The molecule has 3 fully saturated rings. The summed E-state index contributed by atoms with van der Waals surface area (Å²) in [6.07, 6.45) is 3.86. The molecular weight excluding hydrogens is 472 g/mol. The molecule has 2 N–H and O–H groups in total. The van der Waals surface area contributed by atoms with Crippen molar-refractivity contribution in [1.29, 1.82) is 5.26 Å². The number of hydrogen-bond acceptors (Lipinski definition) is 9. The first-order valence-electron chi connectivity index (χ1n) is 11.3. The van der Waals surface area contributed by atoms with Crippen molar-refractivity contribution in [2.75, 3.05) is 30.8 Å². The van der Waals surface area contributed by atoms with E-state index in [-0.39, 0.29) is 50.6 Å². The number of nitrogens with two attached hydrogens (primary N) is 1. The van der Waals surface area contributed by atoms with Crippen molar-refractivity contribution in [3.8, 4) is 17.3 Å². The van der Waals surface area contributed by atoms with Gasteiger partial charge in [0.2, 0.25) is 5.95 Å².